The first-order valence-corrected chi connectivity index (χ1v) is 4.31. The Kier molecular flexibility index (Phi) is 7.77. The maximum atomic E-state index is 8.47. The van der Waals surface area contributed by atoms with Gasteiger partial charge in [-0.05, 0) is 0 Å². The Hall–Kier alpha value is -1.14. The van der Waals surface area contributed by atoms with Crippen LogP contribution in [0.1, 0.15) is 12.8 Å². The summed E-state index contributed by atoms with van der Waals surface area (Å²) in [6.07, 6.45) is 0.419. The second kappa shape index (κ2) is 8.46. The molecule has 0 atom stereocenters. The maximum absolute atomic E-state index is 8.47. The van der Waals surface area contributed by atoms with Gasteiger partial charge >= 0.3 is 0 Å². The third-order valence-electron chi connectivity index (χ3n) is 1.34. The van der Waals surface area contributed by atoms with E-state index in [9.17, 15) is 0 Å². The zero-order valence-corrected chi connectivity index (χ0v) is 7.95. The van der Waals surface area contributed by atoms with E-state index in [2.05, 4.69) is 0 Å². The molecule has 6 heteroatoms. The number of rotatable bonds is 9. The first-order chi connectivity index (χ1) is 6.63. The highest BCUT2D eigenvalue weighted by Gasteiger charge is 1.94. The van der Waals surface area contributed by atoms with Crippen LogP contribution in [0.4, 0.5) is 0 Å². The van der Waals surface area contributed by atoms with Crippen LogP contribution >= 0.6 is 0 Å². The SMILES string of the molecule is N=C(O)CCOCCOCCC(=N)O. The van der Waals surface area contributed by atoms with E-state index in [-0.39, 0.29) is 24.6 Å². The van der Waals surface area contributed by atoms with Crippen LogP contribution in [0.15, 0.2) is 0 Å². The fourth-order valence-electron chi connectivity index (χ4n) is 0.660. The van der Waals surface area contributed by atoms with Crippen molar-refractivity contribution in [3.63, 3.8) is 0 Å². The van der Waals surface area contributed by atoms with Gasteiger partial charge in [0.15, 0.2) is 11.8 Å². The highest BCUT2D eigenvalue weighted by Crippen LogP contribution is 1.86. The molecule has 0 saturated heterocycles. The summed E-state index contributed by atoms with van der Waals surface area (Å²) in [5.41, 5.74) is 0. The van der Waals surface area contributed by atoms with Crippen molar-refractivity contribution in [2.24, 2.45) is 0 Å². The Balaban J connectivity index is 2.99. The summed E-state index contributed by atoms with van der Waals surface area (Å²) in [5.74, 6) is -0.778. The first kappa shape index (κ1) is 12.9. The predicted octanol–water partition coefficient (Wildman–Crippen LogP) is 0.870. The molecule has 0 aliphatic carbocycles. The molecule has 0 spiro atoms. The summed E-state index contributed by atoms with van der Waals surface area (Å²) in [6, 6.07) is 0. The zero-order valence-electron chi connectivity index (χ0n) is 7.95. The Morgan fingerprint density at radius 3 is 1.43 bits per heavy atom. The van der Waals surface area contributed by atoms with Gasteiger partial charge < -0.3 is 19.7 Å². The van der Waals surface area contributed by atoms with Crippen molar-refractivity contribution in [1.29, 1.82) is 10.8 Å². The van der Waals surface area contributed by atoms with Gasteiger partial charge in [-0.3, -0.25) is 10.8 Å². The van der Waals surface area contributed by atoms with Crippen molar-refractivity contribution in [2.75, 3.05) is 26.4 Å². The van der Waals surface area contributed by atoms with Gasteiger partial charge in [-0.25, -0.2) is 0 Å². The number of aliphatic hydroxyl groups excluding tert-OH is 2. The van der Waals surface area contributed by atoms with Crippen molar-refractivity contribution < 1.29 is 19.7 Å². The molecule has 0 heterocycles. The number of hydrogen-bond acceptors (Lipinski definition) is 4. The molecule has 0 aromatic heterocycles. The molecule has 0 aromatic rings. The van der Waals surface area contributed by atoms with E-state index in [0.29, 0.717) is 26.4 Å². The van der Waals surface area contributed by atoms with Gasteiger partial charge in [0.2, 0.25) is 0 Å². The molecule has 0 radical (unpaired) electrons. The Labute approximate surface area is 82.5 Å². The van der Waals surface area contributed by atoms with Crippen molar-refractivity contribution in [3.8, 4) is 0 Å². The van der Waals surface area contributed by atoms with Gasteiger partial charge in [-0.15, -0.1) is 0 Å². The smallest absolute Gasteiger partial charge is 0.180 e. The number of hydrogen-bond donors (Lipinski definition) is 4. The molecule has 0 saturated carbocycles. The summed E-state index contributed by atoms with van der Waals surface area (Å²) in [7, 11) is 0. The first-order valence-electron chi connectivity index (χ1n) is 4.31. The van der Waals surface area contributed by atoms with Crippen LogP contribution in [0, 0.1) is 10.8 Å². The van der Waals surface area contributed by atoms with E-state index in [1.165, 1.54) is 0 Å². The maximum Gasteiger partial charge on any atom is 0.180 e. The average Bonchev–Trinajstić information content (AvgIpc) is 2.08. The molecule has 14 heavy (non-hydrogen) atoms. The van der Waals surface area contributed by atoms with Crippen LogP contribution in [0.3, 0.4) is 0 Å². The van der Waals surface area contributed by atoms with Crippen LogP contribution < -0.4 is 0 Å². The van der Waals surface area contributed by atoms with Gasteiger partial charge in [0.25, 0.3) is 0 Å². The molecule has 0 amide bonds. The monoisotopic (exact) mass is 204 g/mol. The topological polar surface area (TPSA) is 107 Å². The van der Waals surface area contributed by atoms with Gasteiger partial charge in [0, 0.05) is 12.8 Å². The lowest BCUT2D eigenvalue weighted by Crippen LogP contribution is -2.09. The third-order valence-corrected chi connectivity index (χ3v) is 1.34. The molecule has 0 fully saturated rings. The number of aliphatic hydroxyl groups is 2. The Morgan fingerprint density at radius 1 is 0.786 bits per heavy atom. The van der Waals surface area contributed by atoms with Crippen molar-refractivity contribution >= 4 is 11.8 Å². The lowest BCUT2D eigenvalue weighted by Gasteiger charge is -2.04. The summed E-state index contributed by atoms with van der Waals surface area (Å²) in [5, 5.41) is 30.3. The van der Waals surface area contributed by atoms with Gasteiger partial charge in [0.05, 0.1) is 26.4 Å². The Bertz CT molecular complexity index is 164. The number of ether oxygens (including phenoxy) is 2. The second-order valence-corrected chi connectivity index (χ2v) is 2.62. The molecular weight excluding hydrogens is 188 g/mol. The normalized spacial score (nSPS) is 10.0. The van der Waals surface area contributed by atoms with Crippen molar-refractivity contribution in [1.82, 2.24) is 0 Å². The molecule has 0 aromatic carbocycles. The standard InChI is InChI=1S/C8H16N2O4/c9-7(11)1-3-13-5-6-14-4-2-8(10)12/h1-6H2,(H2,9,11)(H2,10,12). The largest absolute Gasteiger partial charge is 0.497 e. The van der Waals surface area contributed by atoms with Crippen LogP contribution in [-0.4, -0.2) is 48.4 Å². The minimum atomic E-state index is -0.389. The summed E-state index contributed by atoms with van der Waals surface area (Å²) in [4.78, 5) is 0. The quantitative estimate of drug-likeness (QED) is 0.254. The molecule has 6 nitrogen and oxygen atoms in total. The van der Waals surface area contributed by atoms with E-state index in [1.807, 2.05) is 0 Å². The van der Waals surface area contributed by atoms with Gasteiger partial charge in [-0.2, -0.15) is 0 Å². The third kappa shape index (κ3) is 10.9. The van der Waals surface area contributed by atoms with Crippen molar-refractivity contribution in [2.45, 2.75) is 12.8 Å². The minimum absolute atomic E-state index is 0.210. The highest BCUT2D eigenvalue weighted by molar-refractivity contribution is 5.70. The van der Waals surface area contributed by atoms with E-state index < -0.39 is 0 Å². The second-order valence-electron chi connectivity index (χ2n) is 2.62. The molecule has 0 aliphatic heterocycles. The Morgan fingerprint density at radius 2 is 1.14 bits per heavy atom. The van der Waals surface area contributed by atoms with Crippen LogP contribution in [0.5, 0.6) is 0 Å². The van der Waals surface area contributed by atoms with Crippen LogP contribution in [0.25, 0.3) is 0 Å². The molecule has 0 aliphatic rings. The molecular formula is C8H16N2O4. The summed E-state index contributed by atoms with van der Waals surface area (Å²) in [6.45, 7) is 1.36. The molecule has 82 valence electrons. The van der Waals surface area contributed by atoms with E-state index in [1.54, 1.807) is 0 Å². The lowest BCUT2D eigenvalue weighted by molar-refractivity contribution is 0.0514. The van der Waals surface area contributed by atoms with Gasteiger partial charge in [-0.1, -0.05) is 0 Å². The van der Waals surface area contributed by atoms with Gasteiger partial charge in [0.1, 0.15) is 0 Å². The van der Waals surface area contributed by atoms with E-state index in [0.717, 1.165) is 0 Å². The van der Waals surface area contributed by atoms with E-state index in [4.69, 9.17) is 30.5 Å². The van der Waals surface area contributed by atoms with E-state index >= 15 is 0 Å². The van der Waals surface area contributed by atoms with Crippen LogP contribution in [-0.2, 0) is 9.47 Å². The average molecular weight is 204 g/mol. The van der Waals surface area contributed by atoms with Crippen molar-refractivity contribution in [3.05, 3.63) is 0 Å². The molecule has 0 rings (SSSR count). The molecule has 0 unspecified atom stereocenters. The van der Waals surface area contributed by atoms with Crippen LogP contribution in [0.2, 0.25) is 0 Å². The fourth-order valence-corrected chi connectivity index (χ4v) is 0.660. The summed E-state index contributed by atoms with van der Waals surface area (Å²) >= 11 is 0. The minimum Gasteiger partial charge on any atom is -0.497 e. The highest BCUT2D eigenvalue weighted by atomic mass is 16.5. The molecule has 0 bridgehead atoms. The lowest BCUT2D eigenvalue weighted by atomic mass is 10.4. The fraction of sp³-hybridized carbons (Fsp3) is 0.750. The summed E-state index contributed by atoms with van der Waals surface area (Å²) < 4.78 is 10.0. The molecule has 4 N–H and O–H groups in total. The zero-order chi connectivity index (χ0) is 10.8. The number of nitrogens with one attached hydrogen (secondary N) is 2. The predicted molar refractivity (Wildman–Crippen MR) is 51.6 cm³/mol.